The second kappa shape index (κ2) is 5.44. The Balaban J connectivity index is 1.88. The monoisotopic (exact) mass is 282 g/mol. The molecule has 0 saturated carbocycles. The SMILES string of the molecule is COc1cccc2ccc(CNc3c(C)n[nH]c3C)nc12. The molecule has 2 aromatic heterocycles. The van der Waals surface area contributed by atoms with Crippen LogP contribution in [0.5, 0.6) is 5.75 Å². The van der Waals surface area contributed by atoms with Crippen LogP contribution < -0.4 is 10.1 Å². The summed E-state index contributed by atoms with van der Waals surface area (Å²) in [5.41, 5.74) is 4.89. The van der Waals surface area contributed by atoms with Crippen molar-refractivity contribution in [3.05, 3.63) is 47.4 Å². The molecule has 5 nitrogen and oxygen atoms in total. The van der Waals surface area contributed by atoms with E-state index in [1.165, 1.54) is 0 Å². The molecule has 0 atom stereocenters. The van der Waals surface area contributed by atoms with Crippen molar-refractivity contribution in [2.24, 2.45) is 0 Å². The number of anilines is 1. The zero-order valence-corrected chi connectivity index (χ0v) is 12.4. The Kier molecular flexibility index (Phi) is 3.48. The number of benzene rings is 1. The maximum absolute atomic E-state index is 5.37. The number of hydrogen-bond acceptors (Lipinski definition) is 4. The average molecular weight is 282 g/mol. The molecule has 0 saturated heterocycles. The molecule has 2 heterocycles. The Morgan fingerprint density at radius 2 is 2.05 bits per heavy atom. The number of hydrogen-bond donors (Lipinski definition) is 2. The van der Waals surface area contributed by atoms with Crippen LogP contribution in [0, 0.1) is 13.8 Å². The molecule has 108 valence electrons. The molecule has 2 N–H and O–H groups in total. The lowest BCUT2D eigenvalue weighted by Gasteiger charge is -2.09. The standard InChI is InChI=1S/C16H18N4O/c1-10-15(11(2)20-19-10)17-9-13-8-7-12-5-4-6-14(21-3)16(12)18-13/h4-8,17H,9H2,1-3H3,(H,19,20). The molecule has 3 rings (SSSR count). The van der Waals surface area contributed by atoms with Crippen molar-refractivity contribution in [2.45, 2.75) is 20.4 Å². The highest BCUT2D eigenvalue weighted by atomic mass is 16.5. The summed E-state index contributed by atoms with van der Waals surface area (Å²) in [7, 11) is 1.67. The third-order valence-electron chi connectivity index (χ3n) is 3.54. The predicted molar refractivity (Wildman–Crippen MR) is 83.7 cm³/mol. The summed E-state index contributed by atoms with van der Waals surface area (Å²) in [6, 6.07) is 10.0. The highest BCUT2D eigenvalue weighted by Gasteiger charge is 2.07. The van der Waals surface area contributed by atoms with E-state index >= 15 is 0 Å². The van der Waals surface area contributed by atoms with Crippen molar-refractivity contribution in [3.63, 3.8) is 0 Å². The number of fused-ring (bicyclic) bond motifs is 1. The van der Waals surface area contributed by atoms with E-state index in [0.717, 1.165) is 39.4 Å². The summed E-state index contributed by atoms with van der Waals surface area (Å²) in [5, 5.41) is 11.6. The summed E-state index contributed by atoms with van der Waals surface area (Å²) >= 11 is 0. The molecule has 3 aromatic rings. The second-order valence-electron chi connectivity index (χ2n) is 5.00. The molecule has 0 aliphatic carbocycles. The smallest absolute Gasteiger partial charge is 0.145 e. The number of aromatic nitrogens is 3. The topological polar surface area (TPSA) is 62.8 Å². The summed E-state index contributed by atoms with van der Waals surface area (Å²) in [4.78, 5) is 4.69. The second-order valence-corrected chi connectivity index (χ2v) is 5.00. The minimum absolute atomic E-state index is 0.648. The number of aryl methyl sites for hydroxylation is 2. The highest BCUT2D eigenvalue weighted by Crippen LogP contribution is 2.24. The largest absolute Gasteiger partial charge is 0.494 e. The van der Waals surface area contributed by atoms with Gasteiger partial charge in [-0.2, -0.15) is 5.10 Å². The Bertz CT molecular complexity index is 760. The summed E-state index contributed by atoms with van der Waals surface area (Å²) in [5.74, 6) is 0.796. The number of methoxy groups -OCH3 is 1. The summed E-state index contributed by atoms with van der Waals surface area (Å²) < 4.78 is 5.37. The van der Waals surface area contributed by atoms with Gasteiger partial charge in [0.25, 0.3) is 0 Å². The summed E-state index contributed by atoms with van der Waals surface area (Å²) in [6.45, 7) is 4.62. The summed E-state index contributed by atoms with van der Waals surface area (Å²) in [6.07, 6.45) is 0. The molecule has 1 aromatic carbocycles. The lowest BCUT2D eigenvalue weighted by molar-refractivity contribution is 0.419. The van der Waals surface area contributed by atoms with Crippen LogP contribution in [0.1, 0.15) is 17.1 Å². The van der Waals surface area contributed by atoms with Gasteiger partial charge < -0.3 is 10.1 Å². The Morgan fingerprint density at radius 3 is 2.76 bits per heavy atom. The normalized spacial score (nSPS) is 10.8. The highest BCUT2D eigenvalue weighted by molar-refractivity contribution is 5.84. The lowest BCUT2D eigenvalue weighted by Crippen LogP contribution is -2.03. The van der Waals surface area contributed by atoms with Crippen LogP contribution in [0.2, 0.25) is 0 Å². The number of H-pyrrole nitrogens is 1. The van der Waals surface area contributed by atoms with Gasteiger partial charge in [0.1, 0.15) is 11.3 Å². The van der Waals surface area contributed by atoms with Crippen molar-refractivity contribution in [2.75, 3.05) is 12.4 Å². The van der Waals surface area contributed by atoms with Crippen LogP contribution >= 0.6 is 0 Å². The molecule has 21 heavy (non-hydrogen) atoms. The maximum Gasteiger partial charge on any atom is 0.145 e. The van der Waals surface area contributed by atoms with E-state index in [0.29, 0.717) is 6.54 Å². The average Bonchev–Trinajstić information content (AvgIpc) is 2.83. The van der Waals surface area contributed by atoms with Crippen LogP contribution in [-0.4, -0.2) is 22.3 Å². The van der Waals surface area contributed by atoms with Gasteiger partial charge in [0.15, 0.2) is 0 Å². The van der Waals surface area contributed by atoms with Gasteiger partial charge in [-0.25, -0.2) is 4.98 Å². The van der Waals surface area contributed by atoms with E-state index in [4.69, 9.17) is 4.74 Å². The van der Waals surface area contributed by atoms with E-state index in [-0.39, 0.29) is 0 Å². The van der Waals surface area contributed by atoms with Crippen LogP contribution in [0.25, 0.3) is 10.9 Å². The molecule has 0 aliphatic heterocycles. The maximum atomic E-state index is 5.37. The zero-order valence-electron chi connectivity index (χ0n) is 12.4. The van der Waals surface area contributed by atoms with E-state index < -0.39 is 0 Å². The molecular formula is C16H18N4O. The zero-order chi connectivity index (χ0) is 14.8. The number of pyridine rings is 1. The lowest BCUT2D eigenvalue weighted by atomic mass is 10.2. The third-order valence-corrected chi connectivity index (χ3v) is 3.54. The molecule has 5 heteroatoms. The predicted octanol–water partition coefficient (Wildman–Crippen LogP) is 3.20. The van der Waals surface area contributed by atoms with Crippen LogP contribution in [-0.2, 0) is 6.54 Å². The molecular weight excluding hydrogens is 264 g/mol. The minimum Gasteiger partial charge on any atom is -0.494 e. The van der Waals surface area contributed by atoms with Crippen molar-refractivity contribution in [1.29, 1.82) is 0 Å². The van der Waals surface area contributed by atoms with Gasteiger partial charge in [0, 0.05) is 5.39 Å². The molecule has 0 fully saturated rings. The van der Waals surface area contributed by atoms with Crippen molar-refractivity contribution in [3.8, 4) is 5.75 Å². The molecule has 0 unspecified atom stereocenters. The first-order valence-corrected chi connectivity index (χ1v) is 6.87. The number of nitrogens with one attached hydrogen (secondary N) is 2. The first-order valence-electron chi connectivity index (χ1n) is 6.87. The van der Waals surface area contributed by atoms with Crippen molar-refractivity contribution < 1.29 is 4.74 Å². The number of aromatic amines is 1. The Labute approximate surface area is 123 Å². The van der Waals surface area contributed by atoms with E-state index in [9.17, 15) is 0 Å². The van der Waals surface area contributed by atoms with Crippen LogP contribution in [0.4, 0.5) is 5.69 Å². The van der Waals surface area contributed by atoms with Crippen LogP contribution in [0.3, 0.4) is 0 Å². The van der Waals surface area contributed by atoms with Gasteiger partial charge in [-0.15, -0.1) is 0 Å². The number of ether oxygens (including phenoxy) is 1. The van der Waals surface area contributed by atoms with Gasteiger partial charge >= 0.3 is 0 Å². The van der Waals surface area contributed by atoms with E-state index in [1.54, 1.807) is 7.11 Å². The first kappa shape index (κ1) is 13.4. The van der Waals surface area contributed by atoms with Gasteiger partial charge in [-0.3, -0.25) is 5.10 Å². The van der Waals surface area contributed by atoms with Crippen molar-refractivity contribution >= 4 is 16.6 Å². The Morgan fingerprint density at radius 1 is 1.19 bits per heavy atom. The van der Waals surface area contributed by atoms with Gasteiger partial charge in [-0.05, 0) is 26.0 Å². The molecule has 0 radical (unpaired) electrons. The number of nitrogens with zero attached hydrogens (tertiary/aromatic N) is 2. The van der Waals surface area contributed by atoms with Gasteiger partial charge in [0.05, 0.1) is 36.4 Å². The molecule has 0 aliphatic rings. The van der Waals surface area contributed by atoms with Crippen molar-refractivity contribution in [1.82, 2.24) is 15.2 Å². The fourth-order valence-corrected chi connectivity index (χ4v) is 2.41. The molecule has 0 spiro atoms. The van der Waals surface area contributed by atoms with E-state index in [2.05, 4.69) is 26.6 Å². The fraction of sp³-hybridized carbons (Fsp3) is 0.250. The number of rotatable bonds is 4. The fourth-order valence-electron chi connectivity index (χ4n) is 2.41. The third kappa shape index (κ3) is 2.54. The van der Waals surface area contributed by atoms with Gasteiger partial charge in [0.2, 0.25) is 0 Å². The van der Waals surface area contributed by atoms with Gasteiger partial charge in [-0.1, -0.05) is 18.2 Å². The number of para-hydroxylation sites is 1. The Hall–Kier alpha value is -2.56. The molecule has 0 bridgehead atoms. The first-order chi connectivity index (χ1) is 10.2. The van der Waals surface area contributed by atoms with Crippen LogP contribution in [0.15, 0.2) is 30.3 Å². The van der Waals surface area contributed by atoms with E-state index in [1.807, 2.05) is 38.1 Å². The minimum atomic E-state index is 0.648. The molecule has 0 amide bonds. The quantitative estimate of drug-likeness (QED) is 0.771.